The Morgan fingerprint density at radius 2 is 2.24 bits per heavy atom. The topological polar surface area (TPSA) is 60.6 Å². The number of fused-ring (bicyclic) bond motifs is 1. The molecule has 6 heteroatoms. The number of hydrogen-bond acceptors (Lipinski definition) is 4. The number of pyridine rings is 1. The van der Waals surface area contributed by atoms with Gasteiger partial charge in [0.2, 0.25) is 0 Å². The molecule has 0 aromatic carbocycles. The van der Waals surface area contributed by atoms with Crippen molar-refractivity contribution in [2.24, 2.45) is 7.05 Å². The molecule has 1 aliphatic carbocycles. The third kappa shape index (κ3) is 2.42. The molecule has 3 aromatic heterocycles. The molecule has 0 atom stereocenters. The van der Waals surface area contributed by atoms with Crippen molar-refractivity contribution in [2.45, 2.75) is 32.0 Å². The lowest BCUT2D eigenvalue weighted by Crippen LogP contribution is -2.15. The van der Waals surface area contributed by atoms with Crippen LogP contribution in [0.5, 0.6) is 0 Å². The molecule has 3 heterocycles. The van der Waals surface area contributed by atoms with Crippen molar-refractivity contribution in [2.75, 3.05) is 0 Å². The fourth-order valence-corrected chi connectivity index (χ4v) is 2.61. The number of rotatable bonds is 5. The smallest absolute Gasteiger partial charge is 0.146 e. The van der Waals surface area contributed by atoms with E-state index in [1.165, 1.54) is 23.8 Å². The molecule has 1 saturated carbocycles. The van der Waals surface area contributed by atoms with Gasteiger partial charge in [-0.25, -0.2) is 9.97 Å². The first-order chi connectivity index (χ1) is 10.3. The minimum absolute atomic E-state index is 0.688. The number of nitrogens with zero attached hydrogens (tertiary/aromatic N) is 5. The second kappa shape index (κ2) is 4.96. The van der Waals surface area contributed by atoms with Crippen LogP contribution in [0.2, 0.25) is 0 Å². The summed E-state index contributed by atoms with van der Waals surface area (Å²) < 4.78 is 3.96. The molecule has 108 valence electrons. The van der Waals surface area contributed by atoms with Crippen LogP contribution in [0.15, 0.2) is 30.9 Å². The van der Waals surface area contributed by atoms with E-state index in [-0.39, 0.29) is 0 Å². The molecule has 1 fully saturated rings. The van der Waals surface area contributed by atoms with Crippen LogP contribution in [0.25, 0.3) is 11.0 Å². The van der Waals surface area contributed by atoms with Gasteiger partial charge in [-0.05, 0) is 30.5 Å². The van der Waals surface area contributed by atoms with Crippen LogP contribution in [-0.4, -0.2) is 30.4 Å². The summed E-state index contributed by atoms with van der Waals surface area (Å²) in [6.07, 6.45) is 8.21. The van der Waals surface area contributed by atoms with Gasteiger partial charge in [0.25, 0.3) is 0 Å². The predicted octanol–water partition coefficient (Wildman–Crippen LogP) is 1.47. The van der Waals surface area contributed by atoms with Gasteiger partial charge in [0.05, 0.1) is 6.54 Å². The van der Waals surface area contributed by atoms with Gasteiger partial charge in [-0.15, -0.1) is 0 Å². The first-order valence-electron chi connectivity index (χ1n) is 7.30. The van der Waals surface area contributed by atoms with Gasteiger partial charge in [-0.3, -0.25) is 4.68 Å². The van der Waals surface area contributed by atoms with Crippen molar-refractivity contribution in [3.05, 3.63) is 42.2 Å². The van der Waals surface area contributed by atoms with Crippen LogP contribution in [-0.2, 0) is 20.1 Å². The third-order valence-corrected chi connectivity index (χ3v) is 3.99. The minimum atomic E-state index is 0.688. The molecule has 0 spiro atoms. The molecule has 1 N–H and O–H groups in total. The molecule has 4 rings (SSSR count). The number of aromatic nitrogens is 5. The highest BCUT2D eigenvalue weighted by Gasteiger charge is 2.21. The van der Waals surface area contributed by atoms with Crippen LogP contribution in [0.3, 0.4) is 0 Å². The average molecular weight is 282 g/mol. The van der Waals surface area contributed by atoms with E-state index in [2.05, 4.69) is 37.2 Å². The molecule has 0 saturated heterocycles. The van der Waals surface area contributed by atoms with Gasteiger partial charge >= 0.3 is 0 Å². The van der Waals surface area contributed by atoms with Crippen molar-refractivity contribution in [3.8, 4) is 0 Å². The Morgan fingerprint density at radius 1 is 1.33 bits per heavy atom. The van der Waals surface area contributed by atoms with E-state index in [0.717, 1.165) is 18.0 Å². The standard InChI is InChI=1S/C15H18N6/c1-20-14(18-10-19-20)9-21-8-11(7-17-12-4-5-12)13-3-2-6-16-15(13)21/h2-3,6,8,10,12,17H,4-5,7,9H2,1H3. The van der Waals surface area contributed by atoms with E-state index in [9.17, 15) is 0 Å². The molecule has 0 bridgehead atoms. The monoisotopic (exact) mass is 282 g/mol. The molecular formula is C15H18N6. The van der Waals surface area contributed by atoms with Crippen LogP contribution < -0.4 is 5.32 Å². The summed E-state index contributed by atoms with van der Waals surface area (Å²) in [6.45, 7) is 1.59. The highest BCUT2D eigenvalue weighted by molar-refractivity contribution is 5.80. The Balaban J connectivity index is 1.68. The fraction of sp³-hybridized carbons (Fsp3) is 0.400. The lowest BCUT2D eigenvalue weighted by Gasteiger charge is -2.03. The van der Waals surface area contributed by atoms with Crippen LogP contribution >= 0.6 is 0 Å². The lowest BCUT2D eigenvalue weighted by atomic mass is 10.2. The van der Waals surface area contributed by atoms with Crippen molar-refractivity contribution in [1.29, 1.82) is 0 Å². The third-order valence-electron chi connectivity index (χ3n) is 3.99. The van der Waals surface area contributed by atoms with E-state index in [0.29, 0.717) is 12.6 Å². The van der Waals surface area contributed by atoms with E-state index >= 15 is 0 Å². The van der Waals surface area contributed by atoms with Crippen molar-refractivity contribution in [3.63, 3.8) is 0 Å². The zero-order valence-electron chi connectivity index (χ0n) is 12.0. The summed E-state index contributed by atoms with van der Waals surface area (Å²) in [5, 5.41) is 8.92. The second-order valence-corrected chi connectivity index (χ2v) is 5.61. The van der Waals surface area contributed by atoms with Gasteiger partial charge in [-0.1, -0.05) is 0 Å². The molecule has 1 aliphatic rings. The van der Waals surface area contributed by atoms with E-state index in [1.807, 2.05) is 19.3 Å². The molecule has 0 aliphatic heterocycles. The maximum atomic E-state index is 4.53. The molecule has 21 heavy (non-hydrogen) atoms. The van der Waals surface area contributed by atoms with E-state index in [4.69, 9.17) is 0 Å². The zero-order chi connectivity index (χ0) is 14.2. The maximum absolute atomic E-state index is 4.53. The van der Waals surface area contributed by atoms with E-state index < -0.39 is 0 Å². The summed E-state index contributed by atoms with van der Waals surface area (Å²) >= 11 is 0. The average Bonchev–Trinajstić information content (AvgIpc) is 3.16. The van der Waals surface area contributed by atoms with Gasteiger partial charge in [-0.2, -0.15) is 5.10 Å². The lowest BCUT2D eigenvalue weighted by molar-refractivity contribution is 0.656. The van der Waals surface area contributed by atoms with Crippen molar-refractivity contribution >= 4 is 11.0 Å². The summed E-state index contributed by atoms with van der Waals surface area (Å²) in [5.74, 6) is 0.930. The molecule has 6 nitrogen and oxygen atoms in total. The second-order valence-electron chi connectivity index (χ2n) is 5.61. The highest BCUT2D eigenvalue weighted by atomic mass is 15.3. The van der Waals surface area contributed by atoms with Crippen molar-refractivity contribution < 1.29 is 0 Å². The fourth-order valence-electron chi connectivity index (χ4n) is 2.61. The maximum Gasteiger partial charge on any atom is 0.146 e. The summed E-state index contributed by atoms with van der Waals surface area (Å²) in [6, 6.07) is 4.84. The van der Waals surface area contributed by atoms with Gasteiger partial charge in [0.15, 0.2) is 0 Å². The van der Waals surface area contributed by atoms with Gasteiger partial charge < -0.3 is 9.88 Å². The Morgan fingerprint density at radius 3 is 3.00 bits per heavy atom. The normalized spacial score (nSPS) is 14.9. The summed E-state index contributed by atoms with van der Waals surface area (Å²) in [7, 11) is 1.91. The van der Waals surface area contributed by atoms with Gasteiger partial charge in [0, 0.05) is 37.4 Å². The summed E-state index contributed by atoms with van der Waals surface area (Å²) in [4.78, 5) is 8.83. The molecule has 0 amide bonds. The SMILES string of the molecule is Cn1ncnc1Cn1cc(CNC2CC2)c2cccnc21. The van der Waals surface area contributed by atoms with Crippen LogP contribution in [0.4, 0.5) is 0 Å². The first-order valence-corrected chi connectivity index (χ1v) is 7.30. The van der Waals surface area contributed by atoms with Crippen LogP contribution in [0, 0.1) is 0 Å². The van der Waals surface area contributed by atoms with Gasteiger partial charge in [0.1, 0.15) is 17.8 Å². The van der Waals surface area contributed by atoms with Crippen molar-refractivity contribution in [1.82, 2.24) is 29.6 Å². The van der Waals surface area contributed by atoms with E-state index in [1.54, 1.807) is 11.0 Å². The highest BCUT2D eigenvalue weighted by Crippen LogP contribution is 2.23. The molecule has 3 aromatic rings. The van der Waals surface area contributed by atoms with Crippen LogP contribution in [0.1, 0.15) is 24.2 Å². The molecular weight excluding hydrogens is 264 g/mol. The molecule has 0 unspecified atom stereocenters. The Labute approximate surface area is 122 Å². The Bertz CT molecular complexity index is 767. The molecule has 0 radical (unpaired) electrons. The number of hydrogen-bond donors (Lipinski definition) is 1. The predicted molar refractivity (Wildman–Crippen MR) is 79.7 cm³/mol. The number of aryl methyl sites for hydroxylation is 1. The largest absolute Gasteiger partial charge is 0.325 e. The number of nitrogens with one attached hydrogen (secondary N) is 1. The summed E-state index contributed by atoms with van der Waals surface area (Å²) in [5.41, 5.74) is 2.31. The Kier molecular flexibility index (Phi) is 2.96. The Hall–Kier alpha value is -2.21. The minimum Gasteiger partial charge on any atom is -0.325 e. The zero-order valence-corrected chi connectivity index (χ0v) is 12.0. The first kappa shape index (κ1) is 12.5. The quantitative estimate of drug-likeness (QED) is 0.770.